The Morgan fingerprint density at radius 2 is 1.83 bits per heavy atom. The molecule has 0 aliphatic heterocycles. The highest BCUT2D eigenvalue weighted by Gasteiger charge is 2.13. The molecule has 5 heteroatoms. The van der Waals surface area contributed by atoms with E-state index in [-0.39, 0.29) is 17.1 Å². The van der Waals surface area contributed by atoms with Crippen molar-refractivity contribution in [1.29, 1.82) is 5.26 Å². The summed E-state index contributed by atoms with van der Waals surface area (Å²) in [4.78, 5) is 4.04. The summed E-state index contributed by atoms with van der Waals surface area (Å²) in [7, 11) is 1.59. The molecule has 1 aromatic heterocycles. The van der Waals surface area contributed by atoms with Gasteiger partial charge in [-0.1, -0.05) is 6.07 Å². The van der Waals surface area contributed by atoms with Gasteiger partial charge in [0, 0.05) is 7.05 Å². The van der Waals surface area contributed by atoms with Gasteiger partial charge in [-0.15, -0.1) is 0 Å². The molecule has 0 saturated heterocycles. The third-order valence-corrected chi connectivity index (χ3v) is 2.47. The summed E-state index contributed by atoms with van der Waals surface area (Å²) in [6.07, 6.45) is 0. The Kier molecular flexibility index (Phi) is 3.20. The van der Waals surface area contributed by atoms with Crippen molar-refractivity contribution in [3.8, 4) is 17.3 Å². The summed E-state index contributed by atoms with van der Waals surface area (Å²) in [5.74, 6) is -1.08. The monoisotopic (exact) mass is 245 g/mol. The Balaban J connectivity index is 2.63. The zero-order valence-corrected chi connectivity index (χ0v) is 9.54. The van der Waals surface area contributed by atoms with Crippen molar-refractivity contribution in [2.24, 2.45) is 0 Å². The lowest BCUT2D eigenvalue weighted by Gasteiger charge is -2.07. The highest BCUT2D eigenvalue weighted by molar-refractivity contribution is 5.65. The first-order chi connectivity index (χ1) is 8.67. The van der Waals surface area contributed by atoms with E-state index in [0.717, 1.165) is 12.1 Å². The normalized spacial score (nSPS) is 9.89. The minimum atomic E-state index is -0.686. The maximum absolute atomic E-state index is 13.6. The minimum absolute atomic E-state index is 0.147. The van der Waals surface area contributed by atoms with Crippen molar-refractivity contribution in [1.82, 2.24) is 4.98 Å². The topological polar surface area (TPSA) is 48.7 Å². The second-order valence-electron chi connectivity index (χ2n) is 3.55. The van der Waals surface area contributed by atoms with Gasteiger partial charge in [0.25, 0.3) is 0 Å². The molecular weight excluding hydrogens is 236 g/mol. The zero-order valence-electron chi connectivity index (χ0n) is 9.54. The SMILES string of the molecule is CNc1nc(-c2c(F)cccc2F)ccc1C#N. The maximum atomic E-state index is 13.6. The van der Waals surface area contributed by atoms with E-state index in [0.29, 0.717) is 5.56 Å². The molecule has 0 radical (unpaired) electrons. The molecule has 0 spiro atoms. The molecule has 0 saturated carbocycles. The van der Waals surface area contributed by atoms with Gasteiger partial charge in [0.1, 0.15) is 23.5 Å². The Hall–Kier alpha value is -2.48. The molecule has 0 fully saturated rings. The van der Waals surface area contributed by atoms with Crippen LogP contribution >= 0.6 is 0 Å². The van der Waals surface area contributed by atoms with Crippen LogP contribution in [-0.4, -0.2) is 12.0 Å². The van der Waals surface area contributed by atoms with E-state index in [1.807, 2.05) is 6.07 Å². The molecule has 0 bridgehead atoms. The van der Waals surface area contributed by atoms with Gasteiger partial charge in [-0.05, 0) is 24.3 Å². The second kappa shape index (κ2) is 4.80. The molecule has 1 N–H and O–H groups in total. The minimum Gasteiger partial charge on any atom is -0.372 e. The first-order valence-electron chi connectivity index (χ1n) is 5.20. The van der Waals surface area contributed by atoms with E-state index in [2.05, 4.69) is 10.3 Å². The number of pyridine rings is 1. The third-order valence-electron chi connectivity index (χ3n) is 2.47. The van der Waals surface area contributed by atoms with Gasteiger partial charge in [-0.3, -0.25) is 0 Å². The predicted octanol–water partition coefficient (Wildman–Crippen LogP) is 2.94. The van der Waals surface area contributed by atoms with Gasteiger partial charge in [0.05, 0.1) is 16.8 Å². The second-order valence-corrected chi connectivity index (χ2v) is 3.55. The van der Waals surface area contributed by atoms with E-state index < -0.39 is 11.6 Å². The quantitative estimate of drug-likeness (QED) is 0.884. The smallest absolute Gasteiger partial charge is 0.144 e. The van der Waals surface area contributed by atoms with Gasteiger partial charge in [0.2, 0.25) is 0 Å². The third kappa shape index (κ3) is 2.00. The number of nitrogens with zero attached hydrogens (tertiary/aromatic N) is 2. The number of aromatic nitrogens is 1. The summed E-state index contributed by atoms with van der Waals surface area (Å²) in [6, 6.07) is 8.45. The molecule has 1 aromatic carbocycles. The van der Waals surface area contributed by atoms with Crippen LogP contribution in [0.2, 0.25) is 0 Å². The lowest BCUT2D eigenvalue weighted by Crippen LogP contribution is -1.99. The van der Waals surface area contributed by atoms with E-state index in [9.17, 15) is 8.78 Å². The number of benzene rings is 1. The molecule has 0 aliphatic carbocycles. The number of anilines is 1. The molecule has 1 heterocycles. The fourth-order valence-electron chi connectivity index (χ4n) is 1.62. The average molecular weight is 245 g/mol. The first-order valence-corrected chi connectivity index (χ1v) is 5.20. The lowest BCUT2D eigenvalue weighted by molar-refractivity contribution is 0.588. The van der Waals surface area contributed by atoms with E-state index in [4.69, 9.17) is 5.26 Å². The van der Waals surface area contributed by atoms with Crippen molar-refractivity contribution in [3.05, 3.63) is 47.5 Å². The average Bonchev–Trinajstić information content (AvgIpc) is 2.38. The van der Waals surface area contributed by atoms with Crippen molar-refractivity contribution in [2.45, 2.75) is 0 Å². The molecule has 18 heavy (non-hydrogen) atoms. The number of halogens is 2. The standard InChI is InChI=1S/C13H9F2N3/c1-17-13-8(7-16)5-6-11(18-13)12-9(14)3-2-4-10(12)15/h2-6H,1H3,(H,17,18). The fraction of sp³-hybridized carbons (Fsp3) is 0.0769. The molecule has 3 nitrogen and oxygen atoms in total. The number of hydrogen-bond donors (Lipinski definition) is 1. The Bertz CT molecular complexity index is 612. The van der Waals surface area contributed by atoms with Crippen LogP contribution in [0.3, 0.4) is 0 Å². The van der Waals surface area contributed by atoms with Gasteiger partial charge < -0.3 is 5.32 Å². The molecule has 90 valence electrons. The van der Waals surface area contributed by atoms with Gasteiger partial charge >= 0.3 is 0 Å². The highest BCUT2D eigenvalue weighted by Crippen LogP contribution is 2.26. The summed E-state index contributed by atoms with van der Waals surface area (Å²) in [5.41, 5.74) is 0.269. The molecule has 2 aromatic rings. The van der Waals surface area contributed by atoms with E-state index in [1.54, 1.807) is 7.05 Å². The highest BCUT2D eigenvalue weighted by atomic mass is 19.1. The fourth-order valence-corrected chi connectivity index (χ4v) is 1.62. The van der Waals surface area contributed by atoms with Crippen LogP contribution in [0.5, 0.6) is 0 Å². The van der Waals surface area contributed by atoms with Crippen molar-refractivity contribution in [3.63, 3.8) is 0 Å². The van der Waals surface area contributed by atoms with Gasteiger partial charge in [-0.2, -0.15) is 5.26 Å². The van der Waals surface area contributed by atoms with Gasteiger partial charge in [-0.25, -0.2) is 13.8 Å². The van der Waals surface area contributed by atoms with E-state index >= 15 is 0 Å². The zero-order chi connectivity index (χ0) is 13.1. The molecule has 2 rings (SSSR count). The van der Waals surface area contributed by atoms with Crippen LogP contribution in [0.1, 0.15) is 5.56 Å². The van der Waals surface area contributed by atoms with Crippen LogP contribution in [-0.2, 0) is 0 Å². The van der Waals surface area contributed by atoms with Crippen LogP contribution in [0, 0.1) is 23.0 Å². The van der Waals surface area contributed by atoms with Gasteiger partial charge in [0.15, 0.2) is 0 Å². The van der Waals surface area contributed by atoms with Crippen molar-refractivity contribution in [2.75, 3.05) is 12.4 Å². The largest absolute Gasteiger partial charge is 0.372 e. The number of nitrogens with one attached hydrogen (secondary N) is 1. The van der Waals surface area contributed by atoms with Crippen molar-refractivity contribution >= 4 is 5.82 Å². The molecule has 0 atom stereocenters. The lowest BCUT2D eigenvalue weighted by atomic mass is 10.1. The van der Waals surface area contributed by atoms with Crippen LogP contribution in [0.4, 0.5) is 14.6 Å². The summed E-state index contributed by atoms with van der Waals surface area (Å²) < 4.78 is 27.2. The summed E-state index contributed by atoms with van der Waals surface area (Å²) in [6.45, 7) is 0. The van der Waals surface area contributed by atoms with Crippen molar-refractivity contribution < 1.29 is 8.78 Å². The molecule has 0 aliphatic rings. The molecular formula is C13H9F2N3. The first kappa shape index (κ1) is 12.0. The Morgan fingerprint density at radius 3 is 2.39 bits per heavy atom. The Morgan fingerprint density at radius 1 is 1.17 bits per heavy atom. The van der Waals surface area contributed by atoms with E-state index in [1.165, 1.54) is 18.2 Å². The number of nitriles is 1. The number of hydrogen-bond acceptors (Lipinski definition) is 3. The Labute approximate surface area is 103 Å². The van der Waals surface area contributed by atoms with Crippen LogP contribution in [0.25, 0.3) is 11.3 Å². The summed E-state index contributed by atoms with van der Waals surface area (Å²) in [5, 5.41) is 11.6. The summed E-state index contributed by atoms with van der Waals surface area (Å²) >= 11 is 0. The van der Waals surface area contributed by atoms with Crippen LogP contribution < -0.4 is 5.32 Å². The maximum Gasteiger partial charge on any atom is 0.144 e. The van der Waals surface area contributed by atoms with Crippen LogP contribution in [0.15, 0.2) is 30.3 Å². The number of rotatable bonds is 2. The molecule has 0 unspecified atom stereocenters. The predicted molar refractivity (Wildman–Crippen MR) is 63.9 cm³/mol. The molecule has 0 amide bonds.